The first-order valence-electron chi connectivity index (χ1n) is 8.95. The molecule has 7 heteroatoms. The molecule has 1 saturated heterocycles. The molecule has 1 atom stereocenters. The third-order valence-electron chi connectivity index (χ3n) is 5.02. The van der Waals surface area contributed by atoms with Gasteiger partial charge in [0, 0.05) is 14.3 Å². The molecule has 1 aromatic rings. The summed E-state index contributed by atoms with van der Waals surface area (Å²) >= 11 is 0. The fourth-order valence-electron chi connectivity index (χ4n) is 3.59. The number of hydrogen-bond donors (Lipinski definition) is 1. The summed E-state index contributed by atoms with van der Waals surface area (Å²) in [7, 11) is 1.32. The maximum absolute atomic E-state index is 12.2. The molecule has 1 aromatic carbocycles. The van der Waals surface area contributed by atoms with Crippen LogP contribution in [0.15, 0.2) is 30.3 Å². The molecule has 7 nitrogen and oxygen atoms in total. The van der Waals surface area contributed by atoms with E-state index in [1.54, 1.807) is 0 Å². The van der Waals surface area contributed by atoms with Gasteiger partial charge in [-0.25, -0.2) is 9.59 Å². The molecule has 1 aliphatic heterocycles. The molecule has 1 spiro atoms. The molecule has 2 fully saturated rings. The molecule has 1 heterocycles. The van der Waals surface area contributed by atoms with Crippen molar-refractivity contribution in [1.29, 1.82) is 0 Å². The van der Waals surface area contributed by atoms with Gasteiger partial charge in [0.05, 0.1) is 20.3 Å². The first kappa shape index (κ1) is 18.7. The Kier molecular flexibility index (Phi) is 6.11. The van der Waals surface area contributed by atoms with Gasteiger partial charge in [-0.1, -0.05) is 30.3 Å². The lowest BCUT2D eigenvalue weighted by atomic mass is 9.80. The van der Waals surface area contributed by atoms with E-state index in [1.807, 2.05) is 30.3 Å². The van der Waals surface area contributed by atoms with Crippen molar-refractivity contribution in [2.75, 3.05) is 20.3 Å². The Bertz CT molecular complexity index is 610. The summed E-state index contributed by atoms with van der Waals surface area (Å²) in [6.07, 6.45) is 2.19. The number of ether oxygens (including phenoxy) is 4. The topological polar surface area (TPSA) is 83.1 Å². The average Bonchev–Trinajstić information content (AvgIpc) is 3.13. The SMILES string of the molecule is COC(=O)[C@@H](NC(=O)OCc1ccccc1)C1CCC2(CC1)OCCO2.[HH]. The van der Waals surface area contributed by atoms with Gasteiger partial charge in [0.15, 0.2) is 5.79 Å². The predicted octanol–water partition coefficient (Wildman–Crippen LogP) is 2.63. The number of benzene rings is 1. The lowest BCUT2D eigenvalue weighted by Crippen LogP contribution is -2.49. The van der Waals surface area contributed by atoms with Crippen LogP contribution in [-0.2, 0) is 30.3 Å². The van der Waals surface area contributed by atoms with Gasteiger partial charge < -0.3 is 24.3 Å². The minimum Gasteiger partial charge on any atom is -0.467 e. The number of esters is 1. The molecule has 1 aliphatic carbocycles. The minimum absolute atomic E-state index is 0. The molecule has 0 unspecified atom stereocenters. The fraction of sp³-hybridized carbons (Fsp3) is 0.579. The van der Waals surface area contributed by atoms with Gasteiger partial charge in [0.25, 0.3) is 0 Å². The predicted molar refractivity (Wildman–Crippen MR) is 94.3 cm³/mol. The first-order chi connectivity index (χ1) is 12.6. The summed E-state index contributed by atoms with van der Waals surface area (Å²) < 4.78 is 21.5. The third-order valence-corrected chi connectivity index (χ3v) is 5.02. The number of methoxy groups -OCH3 is 1. The van der Waals surface area contributed by atoms with E-state index in [4.69, 9.17) is 18.9 Å². The van der Waals surface area contributed by atoms with Crippen LogP contribution < -0.4 is 5.32 Å². The highest BCUT2D eigenvalue weighted by atomic mass is 16.7. The molecule has 3 rings (SSSR count). The Morgan fingerprint density at radius 1 is 1.23 bits per heavy atom. The van der Waals surface area contributed by atoms with Crippen molar-refractivity contribution in [1.82, 2.24) is 5.32 Å². The van der Waals surface area contributed by atoms with Gasteiger partial charge in [-0.3, -0.25) is 0 Å². The molecule has 1 saturated carbocycles. The number of carbonyl (C=O) groups excluding carboxylic acids is 2. The summed E-state index contributed by atoms with van der Waals surface area (Å²) in [5.41, 5.74) is 0.882. The van der Waals surface area contributed by atoms with Crippen LogP contribution in [0.1, 0.15) is 32.7 Å². The quantitative estimate of drug-likeness (QED) is 0.808. The highest BCUT2D eigenvalue weighted by molar-refractivity contribution is 5.81. The van der Waals surface area contributed by atoms with E-state index >= 15 is 0 Å². The van der Waals surface area contributed by atoms with E-state index in [-0.39, 0.29) is 14.0 Å². The zero-order valence-electron chi connectivity index (χ0n) is 14.9. The van der Waals surface area contributed by atoms with E-state index in [2.05, 4.69) is 5.32 Å². The highest BCUT2D eigenvalue weighted by Crippen LogP contribution is 2.39. The normalized spacial score (nSPS) is 20.5. The lowest BCUT2D eigenvalue weighted by Gasteiger charge is -2.37. The van der Waals surface area contributed by atoms with Crippen LogP contribution in [0.25, 0.3) is 0 Å². The minimum atomic E-state index is -0.734. The Hall–Kier alpha value is -2.12. The molecule has 144 valence electrons. The number of amides is 1. The van der Waals surface area contributed by atoms with E-state index in [0.717, 1.165) is 5.56 Å². The number of alkyl carbamates (subject to hydrolysis) is 1. The fourth-order valence-corrected chi connectivity index (χ4v) is 3.59. The third kappa shape index (κ3) is 4.53. The van der Waals surface area contributed by atoms with Crippen molar-refractivity contribution in [2.45, 2.75) is 44.1 Å². The maximum Gasteiger partial charge on any atom is 0.408 e. The van der Waals surface area contributed by atoms with Gasteiger partial charge in [0.1, 0.15) is 12.6 Å². The van der Waals surface area contributed by atoms with Crippen molar-refractivity contribution >= 4 is 12.1 Å². The van der Waals surface area contributed by atoms with Crippen LogP contribution in [0, 0.1) is 5.92 Å². The summed E-state index contributed by atoms with van der Waals surface area (Å²) in [6.45, 7) is 1.36. The van der Waals surface area contributed by atoms with Crippen molar-refractivity contribution < 1.29 is 30.0 Å². The molecule has 0 radical (unpaired) electrons. The maximum atomic E-state index is 12.2. The lowest BCUT2D eigenvalue weighted by molar-refractivity contribution is -0.185. The van der Waals surface area contributed by atoms with Crippen molar-refractivity contribution in [2.24, 2.45) is 5.92 Å². The largest absolute Gasteiger partial charge is 0.467 e. The molecule has 0 aromatic heterocycles. The number of carbonyl (C=O) groups is 2. The molecule has 1 amide bonds. The summed E-state index contributed by atoms with van der Waals surface area (Å²) in [5.74, 6) is -1.01. The zero-order valence-corrected chi connectivity index (χ0v) is 14.9. The molecule has 2 aliphatic rings. The van der Waals surface area contributed by atoms with Gasteiger partial charge in [0.2, 0.25) is 0 Å². The van der Waals surface area contributed by atoms with Crippen LogP contribution >= 0.6 is 0 Å². The van der Waals surface area contributed by atoms with Crippen LogP contribution in [0.3, 0.4) is 0 Å². The van der Waals surface area contributed by atoms with Crippen LogP contribution in [0.2, 0.25) is 0 Å². The Morgan fingerprint density at radius 2 is 1.88 bits per heavy atom. The molecule has 1 N–H and O–H groups in total. The van der Waals surface area contributed by atoms with Gasteiger partial charge in [-0.05, 0) is 24.3 Å². The smallest absolute Gasteiger partial charge is 0.408 e. The summed E-state index contributed by atoms with van der Waals surface area (Å²) in [4.78, 5) is 24.3. The highest BCUT2D eigenvalue weighted by Gasteiger charge is 2.44. The van der Waals surface area contributed by atoms with E-state index in [9.17, 15) is 9.59 Å². The Morgan fingerprint density at radius 3 is 2.50 bits per heavy atom. The first-order valence-corrected chi connectivity index (χ1v) is 8.95. The molecular weight excluding hydrogens is 338 g/mol. The zero-order chi connectivity index (χ0) is 18.4. The number of nitrogens with one attached hydrogen (secondary N) is 1. The van der Waals surface area contributed by atoms with Crippen LogP contribution in [-0.4, -0.2) is 44.2 Å². The van der Waals surface area contributed by atoms with E-state index < -0.39 is 23.9 Å². The standard InChI is InChI=1S/C19H25NO6.H2/c1-23-17(21)16(15-7-9-19(10-8-15)25-11-12-26-19)20-18(22)24-13-14-5-3-2-4-6-14;/h2-6,15-16H,7-13H2,1H3,(H,20,22);1H/t16-;/m0./s1. The van der Waals surface area contributed by atoms with Gasteiger partial charge in [-0.15, -0.1) is 0 Å². The van der Waals surface area contributed by atoms with E-state index in [0.29, 0.717) is 38.9 Å². The van der Waals surface area contributed by atoms with Gasteiger partial charge >= 0.3 is 12.1 Å². The van der Waals surface area contributed by atoms with Crippen LogP contribution in [0.5, 0.6) is 0 Å². The number of rotatable bonds is 5. The second-order valence-electron chi connectivity index (χ2n) is 6.65. The second-order valence-corrected chi connectivity index (χ2v) is 6.65. The Balaban J connectivity index is 0.00000261. The molecule has 0 bridgehead atoms. The molecule has 26 heavy (non-hydrogen) atoms. The second kappa shape index (κ2) is 8.51. The molecular formula is C19H27NO6. The van der Waals surface area contributed by atoms with Crippen LogP contribution in [0.4, 0.5) is 4.79 Å². The monoisotopic (exact) mass is 365 g/mol. The van der Waals surface area contributed by atoms with Crippen molar-refractivity contribution in [3.05, 3.63) is 35.9 Å². The number of hydrogen-bond acceptors (Lipinski definition) is 6. The van der Waals surface area contributed by atoms with Crippen molar-refractivity contribution in [3.8, 4) is 0 Å². The summed E-state index contributed by atoms with van der Waals surface area (Å²) in [5, 5.41) is 2.67. The summed E-state index contributed by atoms with van der Waals surface area (Å²) in [6, 6.07) is 8.64. The average molecular weight is 365 g/mol. The van der Waals surface area contributed by atoms with E-state index in [1.165, 1.54) is 7.11 Å². The van der Waals surface area contributed by atoms with Gasteiger partial charge in [-0.2, -0.15) is 0 Å². The Labute approximate surface area is 154 Å². The van der Waals surface area contributed by atoms with Crippen molar-refractivity contribution in [3.63, 3.8) is 0 Å².